The number of pyridine rings is 1. The lowest BCUT2D eigenvalue weighted by atomic mass is 10.1. The average molecular weight is 403 g/mol. The summed E-state index contributed by atoms with van der Waals surface area (Å²) in [5.41, 5.74) is 4.11. The molecule has 0 atom stereocenters. The molecular weight excluding hydrogens is 380 g/mol. The largest absolute Gasteiger partial charge is 0.331 e. The molecule has 2 amide bonds. The highest BCUT2D eigenvalue weighted by Gasteiger charge is 2.47. The number of rotatable bonds is 3. The van der Waals surface area contributed by atoms with E-state index in [0.29, 0.717) is 11.4 Å². The normalized spacial score (nSPS) is 14.2. The fraction of sp³-hybridized carbons (Fsp3) is 0.217. The summed E-state index contributed by atoms with van der Waals surface area (Å²) in [5, 5.41) is 2.92. The highest BCUT2D eigenvalue weighted by atomic mass is 16.2. The van der Waals surface area contributed by atoms with E-state index in [-0.39, 0.29) is 22.4 Å². The molecule has 1 aromatic carbocycles. The number of carbonyl (C=O) groups excluding carboxylic acids is 2. The molecule has 30 heavy (non-hydrogen) atoms. The van der Waals surface area contributed by atoms with E-state index in [2.05, 4.69) is 5.10 Å². The summed E-state index contributed by atoms with van der Waals surface area (Å²) in [5.74, 6) is -0.970. The summed E-state index contributed by atoms with van der Waals surface area (Å²) in [7, 11) is 1.59. The van der Waals surface area contributed by atoms with Crippen molar-refractivity contribution in [2.75, 3.05) is 4.90 Å². The number of nitrogens with zero attached hydrogens (tertiary/aromatic N) is 3. The average Bonchev–Trinajstić information content (AvgIpc) is 3.08. The number of aromatic nitrogens is 3. The van der Waals surface area contributed by atoms with E-state index < -0.39 is 11.8 Å². The summed E-state index contributed by atoms with van der Waals surface area (Å²) in [6.45, 7) is 7.53. The second-order valence-corrected chi connectivity index (χ2v) is 7.70. The Morgan fingerprint density at radius 3 is 2.27 bits per heavy atom. The Labute approximate surface area is 173 Å². The van der Waals surface area contributed by atoms with Crippen molar-refractivity contribution < 1.29 is 14.2 Å². The van der Waals surface area contributed by atoms with Crippen LogP contribution in [0.2, 0.25) is 0 Å². The molecule has 3 heterocycles. The number of hydrogen-bond donors (Lipinski definition) is 1. The molecule has 0 saturated carbocycles. The highest BCUT2D eigenvalue weighted by molar-refractivity contribution is 6.53. The number of aromatic amines is 1. The molecule has 0 unspecified atom stereocenters. The predicted molar refractivity (Wildman–Crippen MR) is 114 cm³/mol. The number of aryl methyl sites for hydroxylation is 5. The molecule has 7 heteroatoms. The Hall–Kier alpha value is -3.74. The van der Waals surface area contributed by atoms with E-state index >= 15 is 0 Å². The maximum atomic E-state index is 13.5. The fourth-order valence-corrected chi connectivity index (χ4v) is 3.78. The van der Waals surface area contributed by atoms with Gasteiger partial charge in [0.15, 0.2) is 12.4 Å². The topological polar surface area (TPSA) is 79.1 Å². The van der Waals surface area contributed by atoms with Gasteiger partial charge in [0.2, 0.25) is 0 Å². The first-order valence-corrected chi connectivity index (χ1v) is 9.65. The summed E-state index contributed by atoms with van der Waals surface area (Å²) in [6.07, 6.45) is 3.55. The summed E-state index contributed by atoms with van der Waals surface area (Å²) in [6, 6.07) is 9.08. The van der Waals surface area contributed by atoms with Gasteiger partial charge in [0.25, 0.3) is 17.2 Å². The van der Waals surface area contributed by atoms with Gasteiger partial charge in [0.05, 0.1) is 11.3 Å². The molecule has 0 aliphatic carbocycles. The molecule has 1 aliphatic heterocycles. The SMILES string of the molecule is Cc1cccc(N2C(=O)C(c3c(C)[nH]n(C)c3=O)=C([n+]3ccc(C)c(C)c3)C2=O)c1. The van der Waals surface area contributed by atoms with Crippen LogP contribution in [-0.2, 0) is 16.6 Å². The van der Waals surface area contributed by atoms with E-state index in [4.69, 9.17) is 0 Å². The zero-order valence-electron chi connectivity index (χ0n) is 17.6. The van der Waals surface area contributed by atoms with E-state index in [1.165, 1.54) is 4.68 Å². The predicted octanol–water partition coefficient (Wildman–Crippen LogP) is 2.18. The monoisotopic (exact) mass is 403 g/mol. The van der Waals surface area contributed by atoms with Gasteiger partial charge >= 0.3 is 5.91 Å². The van der Waals surface area contributed by atoms with Crippen molar-refractivity contribution in [2.45, 2.75) is 27.7 Å². The minimum Gasteiger partial charge on any atom is -0.300 e. The van der Waals surface area contributed by atoms with Crippen LogP contribution in [0, 0.1) is 27.7 Å². The molecule has 7 nitrogen and oxygen atoms in total. The first-order valence-electron chi connectivity index (χ1n) is 9.65. The number of H-pyrrole nitrogens is 1. The molecule has 2 aromatic heterocycles. The number of hydrogen-bond acceptors (Lipinski definition) is 3. The van der Waals surface area contributed by atoms with Crippen molar-refractivity contribution in [3.63, 3.8) is 0 Å². The van der Waals surface area contributed by atoms with Crippen LogP contribution in [-0.4, -0.2) is 21.6 Å². The number of nitrogens with one attached hydrogen (secondary N) is 1. The lowest BCUT2D eigenvalue weighted by Gasteiger charge is -2.14. The third-order valence-electron chi connectivity index (χ3n) is 5.50. The fourth-order valence-electron chi connectivity index (χ4n) is 3.78. The number of imide groups is 1. The lowest BCUT2D eigenvalue weighted by Crippen LogP contribution is -2.40. The smallest absolute Gasteiger partial charge is 0.300 e. The molecule has 0 radical (unpaired) electrons. The van der Waals surface area contributed by atoms with Crippen molar-refractivity contribution in [1.29, 1.82) is 0 Å². The van der Waals surface area contributed by atoms with Gasteiger partial charge in [0.1, 0.15) is 5.57 Å². The van der Waals surface area contributed by atoms with Crippen molar-refractivity contribution in [3.8, 4) is 0 Å². The molecule has 0 spiro atoms. The molecule has 0 bridgehead atoms. The zero-order chi connectivity index (χ0) is 21.7. The van der Waals surface area contributed by atoms with Crippen LogP contribution < -0.4 is 15.0 Å². The number of amides is 2. The van der Waals surface area contributed by atoms with E-state index in [1.54, 1.807) is 42.9 Å². The minimum absolute atomic E-state index is 0.106. The molecule has 0 saturated heterocycles. The quantitative estimate of drug-likeness (QED) is 0.538. The summed E-state index contributed by atoms with van der Waals surface area (Å²) >= 11 is 0. The maximum Gasteiger partial charge on any atom is 0.331 e. The van der Waals surface area contributed by atoms with Crippen LogP contribution in [0.25, 0.3) is 11.3 Å². The number of anilines is 1. The van der Waals surface area contributed by atoms with Crippen LogP contribution in [0.3, 0.4) is 0 Å². The van der Waals surface area contributed by atoms with Crippen LogP contribution >= 0.6 is 0 Å². The molecular formula is C23H23N4O3+. The first-order chi connectivity index (χ1) is 14.2. The van der Waals surface area contributed by atoms with Gasteiger partial charge in [-0.2, -0.15) is 4.57 Å². The molecule has 3 aromatic rings. The summed E-state index contributed by atoms with van der Waals surface area (Å²) < 4.78 is 2.95. The van der Waals surface area contributed by atoms with Gasteiger partial charge in [-0.15, -0.1) is 0 Å². The van der Waals surface area contributed by atoms with Crippen LogP contribution in [0.1, 0.15) is 27.9 Å². The standard InChI is InChI=1S/C23H22N4O3/c1-13-7-6-8-17(11-13)27-22(29)19(18-16(4)24-25(5)21(18)28)20(23(27)30)26-10-9-14(2)15(3)12-26/h6-12H,1-5H3/p+1. The Kier molecular flexibility index (Phi) is 4.53. The molecule has 1 aliphatic rings. The minimum atomic E-state index is -0.508. The Morgan fingerprint density at radius 2 is 1.67 bits per heavy atom. The van der Waals surface area contributed by atoms with Gasteiger partial charge in [-0.25, -0.2) is 4.90 Å². The van der Waals surface area contributed by atoms with Gasteiger partial charge in [-0.05, 0) is 51.0 Å². The lowest BCUT2D eigenvalue weighted by molar-refractivity contribution is -0.577. The molecule has 1 N–H and O–H groups in total. The first kappa shape index (κ1) is 19.6. The Morgan fingerprint density at radius 1 is 0.933 bits per heavy atom. The Bertz CT molecular complexity index is 1310. The van der Waals surface area contributed by atoms with Crippen molar-refractivity contribution in [3.05, 3.63) is 81.0 Å². The second kappa shape index (κ2) is 6.95. The van der Waals surface area contributed by atoms with Gasteiger partial charge < -0.3 is 0 Å². The molecule has 0 fully saturated rings. The van der Waals surface area contributed by atoms with E-state index in [1.807, 2.05) is 39.1 Å². The summed E-state index contributed by atoms with van der Waals surface area (Å²) in [4.78, 5) is 41.1. The number of carbonyl (C=O) groups is 2. The van der Waals surface area contributed by atoms with Gasteiger partial charge in [0, 0.05) is 24.4 Å². The zero-order valence-corrected chi connectivity index (χ0v) is 17.6. The van der Waals surface area contributed by atoms with Crippen molar-refractivity contribution in [1.82, 2.24) is 9.78 Å². The van der Waals surface area contributed by atoms with E-state index in [9.17, 15) is 14.4 Å². The van der Waals surface area contributed by atoms with Crippen LogP contribution in [0.15, 0.2) is 47.5 Å². The van der Waals surface area contributed by atoms with Crippen molar-refractivity contribution >= 4 is 28.8 Å². The Balaban J connectivity index is 2.01. The van der Waals surface area contributed by atoms with Crippen molar-refractivity contribution in [2.24, 2.45) is 7.05 Å². The maximum absolute atomic E-state index is 13.5. The third-order valence-corrected chi connectivity index (χ3v) is 5.50. The third kappa shape index (κ3) is 2.90. The van der Waals surface area contributed by atoms with Crippen LogP contribution in [0.5, 0.6) is 0 Å². The van der Waals surface area contributed by atoms with E-state index in [0.717, 1.165) is 21.6 Å². The number of benzene rings is 1. The second-order valence-electron chi connectivity index (χ2n) is 7.70. The van der Waals surface area contributed by atoms with Gasteiger partial charge in [-0.3, -0.25) is 24.2 Å². The van der Waals surface area contributed by atoms with Crippen LogP contribution in [0.4, 0.5) is 5.69 Å². The molecule has 152 valence electrons. The molecule has 4 rings (SSSR count). The highest BCUT2D eigenvalue weighted by Crippen LogP contribution is 2.33. The van der Waals surface area contributed by atoms with Gasteiger partial charge in [-0.1, -0.05) is 12.1 Å².